The van der Waals surface area contributed by atoms with Crippen molar-refractivity contribution in [2.45, 2.75) is 16.8 Å². The number of hydrogen-bond donors (Lipinski definition) is 1. The Bertz CT molecular complexity index is 946. The van der Waals surface area contributed by atoms with Gasteiger partial charge in [-0.05, 0) is 30.3 Å². The Labute approximate surface area is 166 Å². The van der Waals surface area contributed by atoms with Gasteiger partial charge >= 0.3 is 6.18 Å². The number of carbonyl (C=O) groups is 1. The van der Waals surface area contributed by atoms with E-state index in [4.69, 9.17) is 11.6 Å². The summed E-state index contributed by atoms with van der Waals surface area (Å²) >= 11 is 8.53. The van der Waals surface area contributed by atoms with Crippen LogP contribution in [0.25, 0.3) is 0 Å². The van der Waals surface area contributed by atoms with Gasteiger partial charge < -0.3 is 5.32 Å². The largest absolute Gasteiger partial charge is 0.417 e. The lowest BCUT2D eigenvalue weighted by atomic mass is 10.1. The average molecular weight is 429 g/mol. The maximum Gasteiger partial charge on any atom is 0.417 e. The van der Waals surface area contributed by atoms with Crippen LogP contribution in [0.4, 0.5) is 18.9 Å². The molecule has 9 heteroatoms. The first-order chi connectivity index (χ1) is 12.8. The number of amides is 1. The number of nitrogens with zero attached hydrogens (tertiary/aromatic N) is 1. The number of aromatic nitrogens is 1. The Balaban J connectivity index is 1.79. The number of hydrogen-bond acceptors (Lipinski definition) is 4. The molecule has 0 radical (unpaired) electrons. The molecule has 3 nitrogen and oxygen atoms in total. The van der Waals surface area contributed by atoms with E-state index in [1.807, 2.05) is 5.38 Å². The molecule has 1 heterocycles. The minimum Gasteiger partial charge on any atom is -0.322 e. The lowest BCUT2D eigenvalue weighted by Crippen LogP contribution is -2.14. The molecule has 1 amide bonds. The second-order valence-electron chi connectivity index (χ2n) is 5.41. The second-order valence-corrected chi connectivity index (χ2v) is 7.55. The van der Waals surface area contributed by atoms with Crippen LogP contribution in [0, 0.1) is 0 Å². The number of nitrogens with one attached hydrogen (secondary N) is 1. The summed E-state index contributed by atoms with van der Waals surface area (Å²) in [5, 5.41) is 4.01. The van der Waals surface area contributed by atoms with Crippen molar-refractivity contribution >= 4 is 46.3 Å². The molecule has 0 saturated heterocycles. The van der Waals surface area contributed by atoms with Crippen molar-refractivity contribution in [3.63, 3.8) is 0 Å². The molecule has 27 heavy (non-hydrogen) atoms. The third-order valence-electron chi connectivity index (χ3n) is 3.52. The number of thioether (sulfide) groups is 1. The predicted octanol–water partition coefficient (Wildman–Crippen LogP) is 6.36. The number of rotatable bonds is 5. The molecule has 0 atom stereocenters. The standard InChI is InChI=1S/C18H12ClF3N2OS2/c19-15-6-5-11(7-14(15)18(20,21)22)24-17(25)13-3-1-2-4-16(13)27-9-12-8-26-10-23-12/h1-8,10H,9H2,(H,24,25). The molecule has 0 saturated carbocycles. The highest BCUT2D eigenvalue weighted by molar-refractivity contribution is 7.98. The number of benzene rings is 2. The summed E-state index contributed by atoms with van der Waals surface area (Å²) in [7, 11) is 0. The number of alkyl halides is 3. The Morgan fingerprint density at radius 3 is 2.70 bits per heavy atom. The number of carbonyl (C=O) groups excluding carboxylic acids is 1. The minimum absolute atomic E-state index is 0.0241. The van der Waals surface area contributed by atoms with Crippen LogP contribution in [0.15, 0.2) is 58.3 Å². The predicted molar refractivity (Wildman–Crippen MR) is 103 cm³/mol. The topological polar surface area (TPSA) is 42.0 Å². The molecular weight excluding hydrogens is 417 g/mol. The van der Waals surface area contributed by atoms with Crippen LogP contribution in [0.3, 0.4) is 0 Å². The summed E-state index contributed by atoms with van der Waals surface area (Å²) < 4.78 is 38.9. The molecule has 0 bridgehead atoms. The van der Waals surface area contributed by atoms with E-state index >= 15 is 0 Å². The third-order valence-corrected chi connectivity index (χ3v) is 5.59. The van der Waals surface area contributed by atoms with E-state index in [2.05, 4.69) is 10.3 Å². The summed E-state index contributed by atoms with van der Waals surface area (Å²) in [5.74, 6) is 0.0966. The molecule has 2 aromatic carbocycles. The van der Waals surface area contributed by atoms with Gasteiger partial charge in [-0.3, -0.25) is 4.79 Å². The van der Waals surface area contributed by atoms with Gasteiger partial charge in [0, 0.05) is 21.7 Å². The second kappa shape index (κ2) is 8.33. The zero-order valence-electron chi connectivity index (χ0n) is 13.6. The smallest absolute Gasteiger partial charge is 0.322 e. The van der Waals surface area contributed by atoms with Crippen molar-refractivity contribution in [1.82, 2.24) is 4.98 Å². The molecule has 0 aliphatic rings. The summed E-state index contributed by atoms with van der Waals surface area (Å²) in [6.07, 6.45) is -4.60. The van der Waals surface area contributed by atoms with Crippen LogP contribution in [0.1, 0.15) is 21.6 Å². The molecule has 0 unspecified atom stereocenters. The molecule has 1 N–H and O–H groups in total. The summed E-state index contributed by atoms with van der Waals surface area (Å²) in [5.41, 5.74) is 2.03. The lowest BCUT2D eigenvalue weighted by molar-refractivity contribution is -0.137. The van der Waals surface area contributed by atoms with E-state index in [1.165, 1.54) is 29.2 Å². The minimum atomic E-state index is -4.60. The van der Waals surface area contributed by atoms with Gasteiger partial charge in [0.25, 0.3) is 5.91 Å². The molecule has 3 aromatic rings. The van der Waals surface area contributed by atoms with E-state index < -0.39 is 22.7 Å². The quantitative estimate of drug-likeness (QED) is 0.481. The Hall–Kier alpha value is -2.03. The van der Waals surface area contributed by atoms with Gasteiger partial charge in [0.2, 0.25) is 0 Å². The van der Waals surface area contributed by atoms with Crippen molar-refractivity contribution in [2.24, 2.45) is 0 Å². The SMILES string of the molecule is O=C(Nc1ccc(Cl)c(C(F)(F)F)c1)c1ccccc1SCc1cscn1. The van der Waals surface area contributed by atoms with Gasteiger partial charge in [0.05, 0.1) is 27.4 Å². The highest BCUT2D eigenvalue weighted by atomic mass is 35.5. The van der Waals surface area contributed by atoms with Crippen molar-refractivity contribution in [1.29, 1.82) is 0 Å². The zero-order chi connectivity index (χ0) is 19.4. The van der Waals surface area contributed by atoms with Gasteiger partial charge in [0.1, 0.15) is 0 Å². The number of anilines is 1. The van der Waals surface area contributed by atoms with Gasteiger partial charge in [-0.15, -0.1) is 23.1 Å². The summed E-state index contributed by atoms with van der Waals surface area (Å²) in [4.78, 5) is 17.5. The highest BCUT2D eigenvalue weighted by Gasteiger charge is 2.33. The lowest BCUT2D eigenvalue weighted by Gasteiger charge is -2.13. The van der Waals surface area contributed by atoms with E-state index in [0.29, 0.717) is 16.2 Å². The fourth-order valence-electron chi connectivity index (χ4n) is 2.26. The van der Waals surface area contributed by atoms with E-state index in [-0.39, 0.29) is 5.69 Å². The number of thiazole rings is 1. The summed E-state index contributed by atoms with van der Waals surface area (Å²) in [6.45, 7) is 0. The van der Waals surface area contributed by atoms with Gasteiger partial charge in [-0.25, -0.2) is 4.98 Å². The molecule has 1 aromatic heterocycles. The molecule has 0 spiro atoms. The van der Waals surface area contributed by atoms with Crippen LogP contribution in [-0.4, -0.2) is 10.9 Å². The Kier molecular flexibility index (Phi) is 6.08. The molecule has 140 valence electrons. The van der Waals surface area contributed by atoms with Crippen LogP contribution < -0.4 is 5.32 Å². The third kappa shape index (κ3) is 5.03. The fourth-order valence-corrected chi connectivity index (χ4v) is 4.10. The average Bonchev–Trinajstić information content (AvgIpc) is 3.14. The van der Waals surface area contributed by atoms with Crippen molar-refractivity contribution in [3.05, 3.63) is 75.2 Å². The molecule has 0 aliphatic heterocycles. The Morgan fingerprint density at radius 1 is 1.22 bits per heavy atom. The normalized spacial score (nSPS) is 11.4. The van der Waals surface area contributed by atoms with E-state index in [9.17, 15) is 18.0 Å². The molecule has 0 aliphatic carbocycles. The fraction of sp³-hybridized carbons (Fsp3) is 0.111. The van der Waals surface area contributed by atoms with Crippen LogP contribution in [0.5, 0.6) is 0 Å². The summed E-state index contributed by atoms with van der Waals surface area (Å²) in [6, 6.07) is 10.2. The first kappa shape index (κ1) is 19.7. The molecule has 3 rings (SSSR count). The zero-order valence-corrected chi connectivity index (χ0v) is 16.0. The van der Waals surface area contributed by atoms with Crippen molar-refractivity contribution in [2.75, 3.05) is 5.32 Å². The highest BCUT2D eigenvalue weighted by Crippen LogP contribution is 2.36. The maximum absolute atomic E-state index is 13.0. The molecular formula is C18H12ClF3N2OS2. The monoisotopic (exact) mass is 428 g/mol. The Morgan fingerprint density at radius 2 is 2.00 bits per heavy atom. The van der Waals surface area contributed by atoms with Crippen molar-refractivity contribution in [3.8, 4) is 0 Å². The van der Waals surface area contributed by atoms with E-state index in [1.54, 1.807) is 29.8 Å². The molecule has 0 fully saturated rings. The van der Waals surface area contributed by atoms with Gasteiger partial charge in [-0.1, -0.05) is 23.7 Å². The van der Waals surface area contributed by atoms with Gasteiger partial charge in [-0.2, -0.15) is 13.2 Å². The van der Waals surface area contributed by atoms with Gasteiger partial charge in [0.15, 0.2) is 0 Å². The van der Waals surface area contributed by atoms with Crippen molar-refractivity contribution < 1.29 is 18.0 Å². The van der Waals surface area contributed by atoms with Crippen LogP contribution in [0.2, 0.25) is 5.02 Å². The first-order valence-electron chi connectivity index (χ1n) is 7.61. The first-order valence-corrected chi connectivity index (χ1v) is 9.92. The number of halogens is 4. The van der Waals surface area contributed by atoms with Crippen LogP contribution >= 0.6 is 34.7 Å². The van der Waals surface area contributed by atoms with E-state index in [0.717, 1.165) is 17.8 Å². The van der Waals surface area contributed by atoms with Crippen LogP contribution in [-0.2, 0) is 11.9 Å². The maximum atomic E-state index is 13.0.